The molecule has 0 radical (unpaired) electrons. The average molecular weight is 362 g/mol. The maximum Gasteiger partial charge on any atom is 0.288 e. The fourth-order valence-electron chi connectivity index (χ4n) is 3.02. The van der Waals surface area contributed by atoms with Crippen LogP contribution in [-0.4, -0.2) is 56.7 Å². The lowest BCUT2D eigenvalue weighted by atomic mass is 10.1. The average Bonchev–Trinajstić information content (AvgIpc) is 3.17. The predicted molar refractivity (Wildman–Crippen MR) is 94.6 cm³/mol. The maximum atomic E-state index is 13.9. The summed E-state index contributed by atoms with van der Waals surface area (Å²) in [6.45, 7) is 7.44. The van der Waals surface area contributed by atoms with E-state index in [0.29, 0.717) is 32.1 Å². The second kappa shape index (κ2) is 7.27. The molecule has 1 fully saturated rings. The van der Waals surface area contributed by atoms with Crippen molar-refractivity contribution in [2.45, 2.75) is 32.7 Å². The first-order valence-corrected chi connectivity index (χ1v) is 8.71. The van der Waals surface area contributed by atoms with Gasteiger partial charge in [-0.25, -0.2) is 4.98 Å². The molecule has 140 valence electrons. The maximum absolute atomic E-state index is 13.9. The van der Waals surface area contributed by atoms with Crippen molar-refractivity contribution >= 4 is 11.9 Å². The van der Waals surface area contributed by atoms with Gasteiger partial charge in [0.2, 0.25) is 17.7 Å². The summed E-state index contributed by atoms with van der Waals surface area (Å²) in [5.41, 5.74) is -0.598. The van der Waals surface area contributed by atoms with Crippen LogP contribution in [0.2, 0.25) is 0 Å². The molecule has 3 rings (SSSR count). The first kappa shape index (κ1) is 18.1. The molecule has 0 saturated carbocycles. The number of H-pyrrole nitrogens is 1. The molecule has 8 nitrogen and oxygen atoms in total. The number of hydrogen-bond acceptors (Lipinski definition) is 5. The summed E-state index contributed by atoms with van der Waals surface area (Å²) in [6, 6.07) is 1.41. The molecule has 1 saturated heterocycles. The summed E-state index contributed by atoms with van der Waals surface area (Å²) in [7, 11) is 0. The van der Waals surface area contributed by atoms with E-state index in [1.165, 1.54) is 0 Å². The van der Waals surface area contributed by atoms with Crippen molar-refractivity contribution in [3.8, 4) is 0 Å². The Kier molecular flexibility index (Phi) is 5.06. The summed E-state index contributed by atoms with van der Waals surface area (Å²) in [6.07, 6.45) is 3.41. The molecule has 26 heavy (non-hydrogen) atoms. The minimum atomic E-state index is -0.828. The predicted octanol–water partition coefficient (Wildman–Crippen LogP) is 1.14. The number of nitrogens with zero attached hydrogens (tertiary/aromatic N) is 5. The number of hydrogen-bond donors (Lipinski definition) is 1. The van der Waals surface area contributed by atoms with Crippen molar-refractivity contribution in [3.63, 3.8) is 0 Å². The number of anilines is 1. The number of aromatic amines is 1. The van der Waals surface area contributed by atoms with Gasteiger partial charge in [0, 0.05) is 38.6 Å². The van der Waals surface area contributed by atoms with E-state index in [4.69, 9.17) is 0 Å². The third kappa shape index (κ3) is 3.47. The van der Waals surface area contributed by atoms with Crippen LogP contribution in [-0.2, 0) is 4.79 Å². The van der Waals surface area contributed by atoms with E-state index in [1.807, 2.05) is 11.8 Å². The molecule has 3 heterocycles. The summed E-state index contributed by atoms with van der Waals surface area (Å²) in [5.74, 6) is -0.663. The molecule has 1 amide bonds. The zero-order valence-corrected chi connectivity index (χ0v) is 15.1. The van der Waals surface area contributed by atoms with Crippen LogP contribution in [0.5, 0.6) is 0 Å². The van der Waals surface area contributed by atoms with Crippen molar-refractivity contribution < 1.29 is 9.18 Å². The molecular formula is C17H23FN6O2. The fraction of sp³-hybridized carbons (Fsp3) is 0.529. The smallest absolute Gasteiger partial charge is 0.288 e. The number of nitrogens with one attached hydrogen (secondary N) is 1. The number of piperazine rings is 1. The highest BCUT2D eigenvalue weighted by molar-refractivity contribution is 5.80. The lowest BCUT2D eigenvalue weighted by Gasteiger charge is -2.36. The van der Waals surface area contributed by atoms with Gasteiger partial charge in [-0.15, -0.1) is 0 Å². The van der Waals surface area contributed by atoms with Crippen LogP contribution in [0.4, 0.5) is 10.3 Å². The van der Waals surface area contributed by atoms with Crippen LogP contribution in [0, 0.1) is 5.82 Å². The molecule has 1 aliphatic rings. The van der Waals surface area contributed by atoms with Gasteiger partial charge in [0.1, 0.15) is 6.04 Å². The summed E-state index contributed by atoms with van der Waals surface area (Å²) >= 11 is 0. The molecule has 9 heteroatoms. The number of aromatic nitrogens is 4. The van der Waals surface area contributed by atoms with E-state index in [2.05, 4.69) is 15.1 Å². The van der Waals surface area contributed by atoms with Crippen LogP contribution in [0.25, 0.3) is 0 Å². The van der Waals surface area contributed by atoms with Gasteiger partial charge in [-0.05, 0) is 18.9 Å². The molecule has 0 spiro atoms. The van der Waals surface area contributed by atoms with E-state index in [9.17, 15) is 14.0 Å². The normalized spacial score (nSPS) is 16.2. The quantitative estimate of drug-likeness (QED) is 0.881. The minimum Gasteiger partial charge on any atom is -0.339 e. The molecule has 1 unspecified atom stereocenters. The zero-order valence-electron chi connectivity index (χ0n) is 15.1. The number of carbonyl (C=O) groups excluding carboxylic acids is 1. The third-order valence-electron chi connectivity index (χ3n) is 4.59. The van der Waals surface area contributed by atoms with Crippen molar-refractivity contribution in [2.24, 2.45) is 0 Å². The van der Waals surface area contributed by atoms with Gasteiger partial charge in [-0.1, -0.05) is 13.8 Å². The molecule has 1 N–H and O–H groups in total. The van der Waals surface area contributed by atoms with E-state index in [-0.39, 0.29) is 23.6 Å². The molecule has 2 aromatic heterocycles. The molecule has 0 aliphatic carbocycles. The topological polar surface area (TPSA) is 87.1 Å². The van der Waals surface area contributed by atoms with E-state index < -0.39 is 11.4 Å². The molecule has 0 bridgehead atoms. The van der Waals surface area contributed by atoms with Crippen LogP contribution in [0.15, 0.2) is 23.3 Å². The SMILES string of the molecule is CC(C)c1nc(N2CCN(C(=O)C(C)n3cccn3)CC2)[nH]c(=O)c1F. The second-order valence-corrected chi connectivity index (χ2v) is 6.72. The van der Waals surface area contributed by atoms with Crippen LogP contribution in [0.1, 0.15) is 38.4 Å². The summed E-state index contributed by atoms with van der Waals surface area (Å²) < 4.78 is 15.5. The monoisotopic (exact) mass is 362 g/mol. The van der Waals surface area contributed by atoms with Gasteiger partial charge in [-0.3, -0.25) is 19.3 Å². The lowest BCUT2D eigenvalue weighted by Crippen LogP contribution is -2.51. The number of carbonyl (C=O) groups is 1. The zero-order chi connectivity index (χ0) is 18.8. The van der Waals surface area contributed by atoms with E-state index >= 15 is 0 Å². The molecule has 0 aromatic carbocycles. The second-order valence-electron chi connectivity index (χ2n) is 6.72. The fourth-order valence-corrected chi connectivity index (χ4v) is 3.02. The number of halogens is 1. The first-order chi connectivity index (χ1) is 12.4. The molecule has 1 atom stereocenters. The van der Waals surface area contributed by atoms with Gasteiger partial charge in [0.25, 0.3) is 5.56 Å². The van der Waals surface area contributed by atoms with Crippen molar-refractivity contribution in [3.05, 3.63) is 40.3 Å². The van der Waals surface area contributed by atoms with Crippen molar-refractivity contribution in [1.29, 1.82) is 0 Å². The Morgan fingerprint density at radius 2 is 1.92 bits per heavy atom. The number of amides is 1. The summed E-state index contributed by atoms with van der Waals surface area (Å²) in [5, 5.41) is 4.11. The molecule has 1 aliphatic heterocycles. The highest BCUT2D eigenvalue weighted by Gasteiger charge is 2.27. The Bertz CT molecular complexity index is 824. The minimum absolute atomic E-state index is 0.00298. The highest BCUT2D eigenvalue weighted by Crippen LogP contribution is 2.18. The van der Waals surface area contributed by atoms with Gasteiger partial charge in [0.05, 0.1) is 5.69 Å². The van der Waals surface area contributed by atoms with Gasteiger partial charge < -0.3 is 9.80 Å². The largest absolute Gasteiger partial charge is 0.339 e. The van der Waals surface area contributed by atoms with E-state index in [1.54, 1.807) is 41.9 Å². The number of rotatable bonds is 4. The van der Waals surface area contributed by atoms with Gasteiger partial charge in [-0.2, -0.15) is 9.49 Å². The molecule has 2 aromatic rings. The Balaban J connectivity index is 1.69. The van der Waals surface area contributed by atoms with Gasteiger partial charge in [0.15, 0.2) is 0 Å². The summed E-state index contributed by atoms with van der Waals surface area (Å²) in [4.78, 5) is 34.9. The molecular weight excluding hydrogens is 339 g/mol. The Labute approximate surface area is 150 Å². The van der Waals surface area contributed by atoms with Crippen LogP contribution in [0.3, 0.4) is 0 Å². The van der Waals surface area contributed by atoms with E-state index in [0.717, 1.165) is 0 Å². The van der Waals surface area contributed by atoms with Crippen LogP contribution < -0.4 is 10.5 Å². The van der Waals surface area contributed by atoms with Crippen molar-refractivity contribution in [1.82, 2.24) is 24.6 Å². The Morgan fingerprint density at radius 3 is 2.50 bits per heavy atom. The lowest BCUT2D eigenvalue weighted by molar-refractivity contribution is -0.134. The Morgan fingerprint density at radius 1 is 1.23 bits per heavy atom. The van der Waals surface area contributed by atoms with Crippen LogP contribution >= 0.6 is 0 Å². The van der Waals surface area contributed by atoms with Gasteiger partial charge >= 0.3 is 0 Å². The highest BCUT2D eigenvalue weighted by atomic mass is 19.1. The first-order valence-electron chi connectivity index (χ1n) is 8.71. The third-order valence-corrected chi connectivity index (χ3v) is 4.59. The van der Waals surface area contributed by atoms with Crippen molar-refractivity contribution in [2.75, 3.05) is 31.1 Å². The standard InChI is InChI=1S/C17H23FN6O2/c1-11(2)14-13(18)15(25)21-17(20-14)23-9-7-22(8-10-23)16(26)12(3)24-6-4-5-19-24/h4-6,11-12H,7-10H2,1-3H3,(H,20,21,25). The Hall–Kier alpha value is -2.71.